The highest BCUT2D eigenvalue weighted by molar-refractivity contribution is 5.76. The minimum atomic E-state index is -1.04. The highest BCUT2D eigenvalue weighted by Gasteiger charge is 2.34. The van der Waals surface area contributed by atoms with Crippen LogP contribution in [-0.4, -0.2) is 30.2 Å². The summed E-state index contributed by atoms with van der Waals surface area (Å²) in [5.41, 5.74) is 7.25. The van der Waals surface area contributed by atoms with Crippen molar-refractivity contribution in [3.8, 4) is 0 Å². The molecule has 0 aliphatic carbocycles. The fraction of sp³-hybridized carbons (Fsp3) is 0.364. The molecule has 3 N–H and O–H groups in total. The Kier molecular flexibility index (Phi) is 2.55. The molecule has 0 radical (unpaired) electrons. The van der Waals surface area contributed by atoms with E-state index < -0.39 is 12.0 Å². The molecule has 1 heterocycles. The van der Waals surface area contributed by atoms with E-state index in [4.69, 9.17) is 10.8 Å². The molecule has 1 aliphatic heterocycles. The van der Waals surface area contributed by atoms with Gasteiger partial charge in [-0.15, -0.1) is 0 Å². The summed E-state index contributed by atoms with van der Waals surface area (Å²) in [6.07, 6.45) is 0.469. The Bertz CT molecular complexity index is 436. The Morgan fingerprint density at radius 3 is 3.00 bits per heavy atom. The van der Waals surface area contributed by atoms with Gasteiger partial charge in [-0.2, -0.15) is 0 Å². The third-order valence-corrected chi connectivity index (χ3v) is 3.05. The van der Waals surface area contributed by atoms with Crippen LogP contribution in [0.2, 0.25) is 0 Å². The Balaban J connectivity index is 2.30. The van der Waals surface area contributed by atoms with E-state index in [0.29, 0.717) is 6.42 Å². The third kappa shape index (κ3) is 1.63. The lowest BCUT2D eigenvalue weighted by molar-refractivity contribution is -0.138. The lowest BCUT2D eigenvalue weighted by Crippen LogP contribution is -2.49. The Morgan fingerprint density at radius 1 is 1.69 bits per heavy atom. The highest BCUT2D eigenvalue weighted by atomic mass is 19.1. The van der Waals surface area contributed by atoms with Crippen molar-refractivity contribution in [1.29, 1.82) is 0 Å². The number of carboxylic acids is 1. The fourth-order valence-corrected chi connectivity index (χ4v) is 2.14. The zero-order valence-corrected chi connectivity index (χ0v) is 8.85. The van der Waals surface area contributed by atoms with Gasteiger partial charge in [0.15, 0.2) is 0 Å². The summed E-state index contributed by atoms with van der Waals surface area (Å²) in [7, 11) is 1.78. The van der Waals surface area contributed by atoms with Gasteiger partial charge in [0.1, 0.15) is 11.9 Å². The minimum absolute atomic E-state index is 0.309. The molecule has 2 rings (SSSR count). The van der Waals surface area contributed by atoms with E-state index in [9.17, 15) is 9.18 Å². The number of nitrogens with zero attached hydrogens (tertiary/aromatic N) is 1. The van der Waals surface area contributed by atoms with Gasteiger partial charge in [-0.05, 0) is 30.2 Å². The number of aliphatic carboxylic acids is 1. The van der Waals surface area contributed by atoms with Crippen LogP contribution in [0.15, 0.2) is 18.2 Å². The van der Waals surface area contributed by atoms with Crippen molar-refractivity contribution in [2.45, 2.75) is 18.5 Å². The van der Waals surface area contributed by atoms with Crippen molar-refractivity contribution < 1.29 is 14.3 Å². The minimum Gasteiger partial charge on any atom is -0.480 e. The molecule has 1 aromatic carbocycles. The monoisotopic (exact) mass is 224 g/mol. The first-order valence-corrected chi connectivity index (χ1v) is 5.00. The summed E-state index contributed by atoms with van der Waals surface area (Å²) in [4.78, 5) is 12.6. The molecule has 0 spiro atoms. The molecule has 2 unspecified atom stereocenters. The molecule has 0 saturated carbocycles. The SMILES string of the molecule is CN1c2ccc(F)cc2CC1C(N)C(=O)O. The summed E-state index contributed by atoms with van der Waals surface area (Å²) < 4.78 is 13.0. The third-order valence-electron chi connectivity index (χ3n) is 3.05. The van der Waals surface area contributed by atoms with Crippen molar-refractivity contribution in [2.24, 2.45) is 5.73 Å². The molecule has 2 atom stereocenters. The van der Waals surface area contributed by atoms with E-state index in [1.165, 1.54) is 12.1 Å². The second-order valence-electron chi connectivity index (χ2n) is 4.02. The Morgan fingerprint density at radius 2 is 2.38 bits per heavy atom. The topological polar surface area (TPSA) is 66.6 Å². The number of fused-ring (bicyclic) bond motifs is 1. The maximum absolute atomic E-state index is 13.0. The molecule has 0 amide bonds. The Labute approximate surface area is 92.5 Å². The molecule has 0 saturated heterocycles. The number of hydrogen-bond acceptors (Lipinski definition) is 3. The van der Waals surface area contributed by atoms with E-state index >= 15 is 0 Å². The summed E-state index contributed by atoms with van der Waals surface area (Å²) in [5, 5.41) is 8.87. The van der Waals surface area contributed by atoms with Crippen molar-refractivity contribution in [2.75, 3.05) is 11.9 Å². The number of rotatable bonds is 2. The zero-order valence-electron chi connectivity index (χ0n) is 8.85. The van der Waals surface area contributed by atoms with Crippen LogP contribution in [0.4, 0.5) is 10.1 Å². The average Bonchev–Trinajstić information content (AvgIpc) is 2.54. The molecule has 0 fully saturated rings. The van der Waals surface area contributed by atoms with Gasteiger partial charge in [-0.25, -0.2) is 4.39 Å². The van der Waals surface area contributed by atoms with Gasteiger partial charge >= 0.3 is 5.97 Å². The summed E-state index contributed by atoms with van der Waals surface area (Å²) >= 11 is 0. The summed E-state index contributed by atoms with van der Waals surface area (Å²) in [6.45, 7) is 0. The van der Waals surface area contributed by atoms with Gasteiger partial charge in [0.05, 0.1) is 6.04 Å². The van der Waals surface area contributed by atoms with Gasteiger partial charge in [0, 0.05) is 12.7 Å². The smallest absolute Gasteiger partial charge is 0.322 e. The first-order chi connectivity index (χ1) is 7.50. The van der Waals surface area contributed by atoms with Crippen LogP contribution >= 0.6 is 0 Å². The van der Waals surface area contributed by atoms with Gasteiger partial charge in [-0.3, -0.25) is 4.79 Å². The van der Waals surface area contributed by atoms with E-state index in [2.05, 4.69) is 0 Å². The number of anilines is 1. The number of likely N-dealkylation sites (N-methyl/N-ethyl adjacent to an activating group) is 1. The van der Waals surface area contributed by atoms with Crippen LogP contribution in [0.25, 0.3) is 0 Å². The molecule has 4 nitrogen and oxygen atoms in total. The standard InChI is InChI=1S/C11H13FN2O2/c1-14-8-3-2-7(12)4-6(8)5-9(14)10(13)11(15)16/h2-4,9-10H,5,13H2,1H3,(H,15,16). The molecular formula is C11H13FN2O2. The highest BCUT2D eigenvalue weighted by Crippen LogP contribution is 2.32. The van der Waals surface area contributed by atoms with Crippen LogP contribution in [-0.2, 0) is 11.2 Å². The number of nitrogens with two attached hydrogens (primary N) is 1. The van der Waals surface area contributed by atoms with E-state index in [1.807, 2.05) is 0 Å². The van der Waals surface area contributed by atoms with Crippen LogP contribution in [0, 0.1) is 5.82 Å². The number of benzene rings is 1. The van der Waals surface area contributed by atoms with Crippen molar-refractivity contribution in [3.63, 3.8) is 0 Å². The van der Waals surface area contributed by atoms with Crippen molar-refractivity contribution in [3.05, 3.63) is 29.6 Å². The molecule has 0 bridgehead atoms. The molecule has 1 aromatic rings. The largest absolute Gasteiger partial charge is 0.480 e. The van der Waals surface area contributed by atoms with Crippen LogP contribution in [0.5, 0.6) is 0 Å². The maximum atomic E-state index is 13.0. The average molecular weight is 224 g/mol. The van der Waals surface area contributed by atoms with E-state index in [0.717, 1.165) is 11.3 Å². The van der Waals surface area contributed by atoms with Crippen molar-refractivity contribution in [1.82, 2.24) is 0 Å². The number of carboxylic acid groups (broad SMARTS) is 1. The van der Waals surface area contributed by atoms with Crippen LogP contribution in [0.3, 0.4) is 0 Å². The predicted molar refractivity (Wildman–Crippen MR) is 57.9 cm³/mol. The lowest BCUT2D eigenvalue weighted by Gasteiger charge is -2.25. The summed E-state index contributed by atoms with van der Waals surface area (Å²) in [6, 6.07) is 3.18. The molecule has 5 heteroatoms. The van der Waals surface area contributed by atoms with Crippen molar-refractivity contribution >= 4 is 11.7 Å². The van der Waals surface area contributed by atoms with E-state index in [1.54, 1.807) is 18.0 Å². The van der Waals surface area contributed by atoms with Gasteiger partial charge in [0.2, 0.25) is 0 Å². The second-order valence-corrected chi connectivity index (χ2v) is 4.02. The second kappa shape index (κ2) is 3.75. The number of halogens is 1. The first kappa shape index (κ1) is 10.9. The predicted octanol–water partition coefficient (Wildman–Crippen LogP) is 0.599. The lowest BCUT2D eigenvalue weighted by atomic mass is 10.0. The quantitative estimate of drug-likeness (QED) is 0.772. The van der Waals surface area contributed by atoms with E-state index in [-0.39, 0.29) is 11.9 Å². The van der Waals surface area contributed by atoms with Crippen LogP contribution < -0.4 is 10.6 Å². The molecule has 0 aromatic heterocycles. The molecule has 1 aliphatic rings. The molecule has 16 heavy (non-hydrogen) atoms. The summed E-state index contributed by atoms with van der Waals surface area (Å²) in [5.74, 6) is -1.35. The van der Waals surface area contributed by atoms with Crippen LogP contribution in [0.1, 0.15) is 5.56 Å². The molecular weight excluding hydrogens is 211 g/mol. The number of carbonyl (C=O) groups is 1. The molecule has 86 valence electrons. The normalized spacial score (nSPS) is 20.7. The fourth-order valence-electron chi connectivity index (χ4n) is 2.14. The maximum Gasteiger partial charge on any atom is 0.322 e. The first-order valence-electron chi connectivity index (χ1n) is 5.00. The zero-order chi connectivity index (χ0) is 11.9. The number of hydrogen-bond donors (Lipinski definition) is 2. The van der Waals surface area contributed by atoms with Gasteiger partial charge in [0.25, 0.3) is 0 Å². The van der Waals surface area contributed by atoms with Gasteiger partial charge in [-0.1, -0.05) is 0 Å². The Hall–Kier alpha value is -1.62. The van der Waals surface area contributed by atoms with Gasteiger partial charge < -0.3 is 15.7 Å².